The number of aliphatic hydroxyl groups is 3. The SMILES string of the molecule is C=C(C)C(O)OCCc1cc(-c2ccc(-c3ccc(-c4ccc(C5CCC(CCCCC)CC5)cc4)c(CC)c3)cc2CC)ccc1OCCC(C)(CO)CO. The molecule has 5 nitrogen and oxygen atoms in total. The minimum absolute atomic E-state index is 0.112. The Labute approximate surface area is 337 Å². The highest BCUT2D eigenvalue weighted by Crippen LogP contribution is 2.39. The Hall–Kier alpha value is -3.74. The van der Waals surface area contributed by atoms with Crippen molar-refractivity contribution in [2.75, 3.05) is 26.4 Å². The number of aryl methyl sites for hydroxylation is 2. The first-order valence-corrected chi connectivity index (χ1v) is 21.4. The Morgan fingerprint density at radius 2 is 1.30 bits per heavy atom. The van der Waals surface area contributed by atoms with Crippen molar-refractivity contribution in [2.24, 2.45) is 11.3 Å². The average molecular weight is 761 g/mol. The minimum Gasteiger partial charge on any atom is -0.493 e. The van der Waals surface area contributed by atoms with Gasteiger partial charge in [0.2, 0.25) is 0 Å². The van der Waals surface area contributed by atoms with Crippen LogP contribution in [0.4, 0.5) is 0 Å². The van der Waals surface area contributed by atoms with Gasteiger partial charge in [0.05, 0.1) is 26.4 Å². The van der Waals surface area contributed by atoms with Gasteiger partial charge in [0, 0.05) is 5.41 Å². The van der Waals surface area contributed by atoms with Crippen molar-refractivity contribution >= 4 is 0 Å². The van der Waals surface area contributed by atoms with Gasteiger partial charge in [-0.3, -0.25) is 0 Å². The molecule has 1 atom stereocenters. The van der Waals surface area contributed by atoms with Gasteiger partial charge in [0.25, 0.3) is 0 Å². The Bertz CT molecular complexity index is 1830. The van der Waals surface area contributed by atoms with E-state index in [1.807, 2.05) is 13.0 Å². The third kappa shape index (κ3) is 11.4. The van der Waals surface area contributed by atoms with Crippen LogP contribution in [0.1, 0.15) is 121 Å². The van der Waals surface area contributed by atoms with E-state index in [1.54, 1.807) is 6.92 Å². The summed E-state index contributed by atoms with van der Waals surface area (Å²) >= 11 is 0. The van der Waals surface area contributed by atoms with Gasteiger partial charge in [-0.25, -0.2) is 0 Å². The van der Waals surface area contributed by atoms with Crippen molar-refractivity contribution in [1.29, 1.82) is 0 Å². The molecule has 0 amide bonds. The Kier molecular flexibility index (Phi) is 16.4. The zero-order valence-corrected chi connectivity index (χ0v) is 34.9. The molecule has 0 spiro atoms. The fourth-order valence-electron chi connectivity index (χ4n) is 8.22. The fourth-order valence-corrected chi connectivity index (χ4v) is 8.22. The summed E-state index contributed by atoms with van der Waals surface area (Å²) in [6, 6.07) is 29.5. The Morgan fingerprint density at radius 1 is 0.732 bits per heavy atom. The number of ether oxygens (including phenoxy) is 2. The van der Waals surface area contributed by atoms with Crippen LogP contribution in [-0.2, 0) is 24.0 Å². The van der Waals surface area contributed by atoms with E-state index in [1.165, 1.54) is 95.9 Å². The largest absolute Gasteiger partial charge is 0.493 e. The van der Waals surface area contributed by atoms with Crippen molar-refractivity contribution in [3.8, 4) is 39.1 Å². The Morgan fingerprint density at radius 3 is 1.88 bits per heavy atom. The van der Waals surface area contributed by atoms with E-state index >= 15 is 0 Å². The van der Waals surface area contributed by atoms with E-state index in [2.05, 4.69) is 100 Å². The first kappa shape index (κ1) is 43.4. The second kappa shape index (κ2) is 21.1. The molecular formula is C51H68O5. The predicted molar refractivity (Wildman–Crippen MR) is 233 cm³/mol. The van der Waals surface area contributed by atoms with E-state index in [-0.39, 0.29) is 13.2 Å². The standard InChI is InChI=1S/C51H68O5/c1-7-10-11-12-37-13-15-40(16-14-37)41-17-19-42(20-18-41)47-24-21-43(31-38(47)8-2)44-22-25-48(39(9-3)32-44)45-23-26-49(55-30-28-51(6,34-52)35-53)46(33-45)27-29-56-50(54)36(4)5/h17-26,31-33,37,40,50,52-54H,4,7-16,27-30,34-35H2,1-3,5-6H3. The van der Waals surface area contributed by atoms with Gasteiger partial charge in [0.15, 0.2) is 6.29 Å². The van der Waals surface area contributed by atoms with Crippen LogP contribution in [0.3, 0.4) is 0 Å². The quantitative estimate of drug-likeness (QED) is 0.0448. The number of hydrogen-bond acceptors (Lipinski definition) is 5. The summed E-state index contributed by atoms with van der Waals surface area (Å²) in [5, 5.41) is 29.7. The maximum atomic E-state index is 10.2. The van der Waals surface area contributed by atoms with Crippen molar-refractivity contribution in [3.63, 3.8) is 0 Å². The van der Waals surface area contributed by atoms with E-state index in [0.29, 0.717) is 37.5 Å². The molecular weight excluding hydrogens is 693 g/mol. The first-order valence-electron chi connectivity index (χ1n) is 21.4. The molecule has 0 bridgehead atoms. The molecule has 4 aromatic carbocycles. The molecule has 0 saturated heterocycles. The number of aliphatic hydroxyl groups excluding tert-OH is 3. The number of hydrogen-bond donors (Lipinski definition) is 3. The first-order chi connectivity index (χ1) is 27.1. The normalized spacial score (nSPS) is 16.5. The summed E-state index contributed by atoms with van der Waals surface area (Å²) in [5.41, 5.74) is 12.4. The zero-order valence-electron chi connectivity index (χ0n) is 34.9. The molecule has 302 valence electrons. The van der Waals surface area contributed by atoms with Gasteiger partial charge in [0.1, 0.15) is 5.75 Å². The molecule has 1 aliphatic carbocycles. The lowest BCUT2D eigenvalue weighted by Gasteiger charge is -2.29. The molecule has 1 fully saturated rings. The third-order valence-electron chi connectivity index (χ3n) is 12.2. The van der Waals surface area contributed by atoms with Gasteiger partial charge < -0.3 is 24.8 Å². The lowest BCUT2D eigenvalue weighted by molar-refractivity contribution is -0.0706. The molecule has 0 aromatic heterocycles. The highest BCUT2D eigenvalue weighted by atomic mass is 16.6. The van der Waals surface area contributed by atoms with Crippen molar-refractivity contribution < 1.29 is 24.8 Å². The molecule has 0 aliphatic heterocycles. The predicted octanol–water partition coefficient (Wildman–Crippen LogP) is 11.9. The number of benzene rings is 4. The molecule has 5 rings (SSSR count). The molecule has 1 aliphatic rings. The van der Waals surface area contributed by atoms with Gasteiger partial charge in [-0.15, -0.1) is 0 Å². The molecule has 4 aromatic rings. The summed E-state index contributed by atoms with van der Waals surface area (Å²) in [4.78, 5) is 0. The minimum atomic E-state index is -1.01. The van der Waals surface area contributed by atoms with Crippen LogP contribution in [0.25, 0.3) is 33.4 Å². The van der Waals surface area contributed by atoms with E-state index in [0.717, 1.165) is 35.6 Å². The van der Waals surface area contributed by atoms with Crippen LogP contribution in [-0.4, -0.2) is 48.0 Å². The van der Waals surface area contributed by atoms with Gasteiger partial charge in [-0.2, -0.15) is 0 Å². The maximum absolute atomic E-state index is 10.2. The smallest absolute Gasteiger partial charge is 0.176 e. The Balaban J connectivity index is 1.33. The molecule has 1 saturated carbocycles. The zero-order chi connectivity index (χ0) is 40.1. The molecule has 1 unspecified atom stereocenters. The number of unbranched alkanes of at least 4 members (excludes halogenated alkanes) is 2. The summed E-state index contributed by atoms with van der Waals surface area (Å²) in [5.74, 6) is 2.37. The van der Waals surface area contributed by atoms with Crippen molar-refractivity contribution in [3.05, 3.63) is 113 Å². The second-order valence-corrected chi connectivity index (χ2v) is 16.7. The molecule has 3 N–H and O–H groups in total. The molecule has 0 radical (unpaired) electrons. The van der Waals surface area contributed by atoms with Gasteiger partial charge in [-0.05, 0) is 143 Å². The maximum Gasteiger partial charge on any atom is 0.176 e. The summed E-state index contributed by atoms with van der Waals surface area (Å²) < 4.78 is 11.9. The fraction of sp³-hybridized carbons (Fsp3) is 0.490. The summed E-state index contributed by atoms with van der Waals surface area (Å²) in [7, 11) is 0. The average Bonchev–Trinajstić information content (AvgIpc) is 3.23. The molecule has 0 heterocycles. The summed E-state index contributed by atoms with van der Waals surface area (Å²) in [6.45, 7) is 14.6. The van der Waals surface area contributed by atoms with Gasteiger partial charge >= 0.3 is 0 Å². The third-order valence-corrected chi connectivity index (χ3v) is 12.2. The van der Waals surface area contributed by atoms with E-state index < -0.39 is 11.7 Å². The van der Waals surface area contributed by atoms with Crippen LogP contribution in [0.15, 0.2) is 91.0 Å². The van der Waals surface area contributed by atoms with Crippen LogP contribution in [0.2, 0.25) is 0 Å². The van der Waals surface area contributed by atoms with Crippen LogP contribution in [0.5, 0.6) is 5.75 Å². The highest BCUT2D eigenvalue weighted by molar-refractivity contribution is 5.78. The second-order valence-electron chi connectivity index (χ2n) is 16.7. The monoisotopic (exact) mass is 761 g/mol. The van der Waals surface area contributed by atoms with Crippen LogP contribution < -0.4 is 4.74 Å². The van der Waals surface area contributed by atoms with Crippen molar-refractivity contribution in [2.45, 2.75) is 124 Å². The van der Waals surface area contributed by atoms with E-state index in [9.17, 15) is 15.3 Å². The van der Waals surface area contributed by atoms with Crippen molar-refractivity contribution in [1.82, 2.24) is 0 Å². The summed E-state index contributed by atoms with van der Waals surface area (Å²) in [6.07, 6.45) is 12.8. The highest BCUT2D eigenvalue weighted by Gasteiger charge is 2.24. The molecule has 56 heavy (non-hydrogen) atoms. The van der Waals surface area contributed by atoms with Crippen LogP contribution >= 0.6 is 0 Å². The lowest BCUT2D eigenvalue weighted by Crippen LogP contribution is -2.28. The van der Waals surface area contributed by atoms with E-state index in [4.69, 9.17) is 9.47 Å². The molecule has 5 heteroatoms. The lowest BCUT2D eigenvalue weighted by atomic mass is 9.77. The van der Waals surface area contributed by atoms with Crippen LogP contribution in [0, 0.1) is 11.3 Å². The number of rotatable bonds is 21. The van der Waals surface area contributed by atoms with Gasteiger partial charge in [-0.1, -0.05) is 127 Å². The topological polar surface area (TPSA) is 79.2 Å².